The maximum Gasteiger partial charge on any atom is 0.308 e. The molecule has 0 amide bonds. The first-order valence-electron chi connectivity index (χ1n) is 23.1. The molecule has 4 N–H and O–H groups in total. The van der Waals surface area contributed by atoms with Gasteiger partial charge in [-0.25, -0.2) is 0 Å². The van der Waals surface area contributed by atoms with Crippen molar-refractivity contribution in [3.05, 3.63) is 12.2 Å². The van der Waals surface area contributed by atoms with Gasteiger partial charge in [0.25, 0.3) is 0 Å². The number of hydrogen-bond acceptors (Lipinski definition) is 16. The van der Waals surface area contributed by atoms with Crippen molar-refractivity contribution in [2.45, 2.75) is 179 Å². The molecule has 16 heteroatoms. The van der Waals surface area contributed by atoms with E-state index in [1.54, 1.807) is 45.0 Å². The molecule has 0 spiro atoms. The number of carbonyl (C=O) groups is 2. The summed E-state index contributed by atoms with van der Waals surface area (Å²) in [6, 6.07) is -0.690. The van der Waals surface area contributed by atoms with Gasteiger partial charge < -0.3 is 68.1 Å². The lowest BCUT2D eigenvalue weighted by Crippen LogP contribution is -2.63. The first-order valence-corrected chi connectivity index (χ1v) is 23.1. The Kier molecular flexibility index (Phi) is 18.4. The minimum atomic E-state index is -1.24. The van der Waals surface area contributed by atoms with E-state index < -0.39 is 115 Å². The van der Waals surface area contributed by atoms with Gasteiger partial charge in [0, 0.05) is 45.1 Å². The van der Waals surface area contributed by atoms with E-state index in [9.17, 15) is 30.0 Å². The maximum atomic E-state index is 14.1. The fraction of sp³-hybridized carbons (Fsp3) is 0.913. The Labute approximate surface area is 369 Å². The Morgan fingerprint density at radius 3 is 2.10 bits per heavy atom. The second-order valence-corrected chi connectivity index (χ2v) is 19.8. The van der Waals surface area contributed by atoms with Crippen LogP contribution in [0.2, 0.25) is 0 Å². The van der Waals surface area contributed by atoms with Crippen LogP contribution in [0.5, 0.6) is 0 Å². The van der Waals surface area contributed by atoms with Gasteiger partial charge in [0.15, 0.2) is 18.4 Å². The molecule has 0 saturated carbocycles. The van der Waals surface area contributed by atoms with Gasteiger partial charge in [-0.15, -0.1) is 0 Å². The number of ketones is 1. The number of piperidine rings is 1. The number of hydrogen-bond donors (Lipinski definition) is 4. The molecule has 0 aromatic heterocycles. The number of carbonyl (C=O) groups excluding carboxylic acids is 2. The zero-order chi connectivity index (χ0) is 45.8. The molecule has 4 saturated heterocycles. The van der Waals surface area contributed by atoms with E-state index in [1.807, 2.05) is 27.7 Å². The zero-order valence-electron chi connectivity index (χ0n) is 39.3. The van der Waals surface area contributed by atoms with Gasteiger partial charge in [0.2, 0.25) is 0 Å². The van der Waals surface area contributed by atoms with E-state index in [1.165, 1.54) is 14.2 Å². The number of likely N-dealkylation sites (tertiary alicyclic amines) is 1. The summed E-state index contributed by atoms with van der Waals surface area (Å²) in [5, 5.41) is 45.4. The molecule has 358 valence electrons. The van der Waals surface area contributed by atoms with Crippen LogP contribution in [-0.4, -0.2) is 188 Å². The third kappa shape index (κ3) is 12.2. The summed E-state index contributed by atoms with van der Waals surface area (Å²) in [4.78, 5) is 32.3. The molecular formula is C46H80N2O14. The van der Waals surface area contributed by atoms with Crippen LogP contribution in [-0.2, 0) is 47.5 Å². The van der Waals surface area contributed by atoms with Gasteiger partial charge in [-0.05, 0) is 97.0 Å². The van der Waals surface area contributed by atoms with E-state index in [4.69, 9.17) is 37.9 Å². The normalized spacial score (nSPS) is 47.2. The summed E-state index contributed by atoms with van der Waals surface area (Å²) in [6.45, 7) is 18.2. The molecule has 5 heterocycles. The standard InChI is InChI=1S/C46H80N2O14/c1-13-34-31(23-57-45-42(56-12)41(55-11)38(53)29(7)59-45)43-46(8,62-43)16-14-32(49)26(4)19-30(15-17-48-21-24(2)18-25(3)22-48)40(27(5)33(50)20-35(51)60-34)61-44-39(54)36(47(9)10)37(52)28(6)58-44/h14,16,24-31,33-34,36-45,50,52-54H,13,15,17-23H2,1-12H3/b16-14+/t24-,25-,26+,27-,28+,29+,30-,31?,33+,34+,36-,37+,38?,39+,40?,41?,42?,43-,44-,45?,46-/m0/s1. The van der Waals surface area contributed by atoms with Crippen LogP contribution in [0, 0.1) is 35.5 Å². The highest BCUT2D eigenvalue weighted by Gasteiger charge is 2.58. The summed E-state index contributed by atoms with van der Waals surface area (Å²) in [6.07, 6.45) is -5.59. The number of allylic oxidation sites excluding steroid dienone is 1. The lowest BCUT2D eigenvalue weighted by atomic mass is 9.79. The van der Waals surface area contributed by atoms with Crippen molar-refractivity contribution in [1.82, 2.24) is 9.80 Å². The fourth-order valence-corrected chi connectivity index (χ4v) is 10.7. The summed E-state index contributed by atoms with van der Waals surface area (Å²) < 4.78 is 49.1. The number of nitrogens with zero attached hydrogens (tertiary/aromatic N) is 2. The number of ether oxygens (including phenoxy) is 8. The van der Waals surface area contributed by atoms with Crippen LogP contribution in [0.3, 0.4) is 0 Å². The van der Waals surface area contributed by atoms with Gasteiger partial charge >= 0.3 is 5.97 Å². The molecule has 0 bridgehead atoms. The number of cyclic esters (lactones) is 1. The van der Waals surface area contributed by atoms with Gasteiger partial charge in [-0.1, -0.05) is 34.6 Å². The number of rotatable bonds is 12. The molecule has 5 aliphatic heterocycles. The van der Waals surface area contributed by atoms with Gasteiger partial charge in [0.05, 0.1) is 55.7 Å². The van der Waals surface area contributed by atoms with Crippen molar-refractivity contribution in [3.63, 3.8) is 0 Å². The van der Waals surface area contributed by atoms with E-state index in [2.05, 4.69) is 18.7 Å². The number of likely N-dealkylation sites (N-methyl/N-ethyl adjacent to an activating group) is 1. The number of aliphatic hydroxyl groups excluding tert-OH is 4. The average Bonchev–Trinajstić information content (AvgIpc) is 3.88. The van der Waals surface area contributed by atoms with Crippen molar-refractivity contribution in [3.8, 4) is 0 Å². The Hall–Kier alpha value is -1.64. The fourth-order valence-electron chi connectivity index (χ4n) is 10.7. The highest BCUT2D eigenvalue weighted by molar-refractivity contribution is 5.91. The van der Waals surface area contributed by atoms with Gasteiger partial charge in [-0.2, -0.15) is 0 Å². The van der Waals surface area contributed by atoms with Crippen molar-refractivity contribution in [2.24, 2.45) is 35.5 Å². The highest BCUT2D eigenvalue weighted by Crippen LogP contribution is 2.46. The molecule has 0 aromatic rings. The Bertz CT molecular complexity index is 1460. The van der Waals surface area contributed by atoms with E-state index >= 15 is 0 Å². The molecule has 6 unspecified atom stereocenters. The van der Waals surface area contributed by atoms with Crippen molar-refractivity contribution in [2.75, 3.05) is 54.6 Å². The Morgan fingerprint density at radius 2 is 1.48 bits per heavy atom. The second-order valence-electron chi connectivity index (χ2n) is 19.8. The molecule has 21 atom stereocenters. The predicted octanol–water partition coefficient (Wildman–Crippen LogP) is 2.55. The van der Waals surface area contributed by atoms with Crippen molar-refractivity contribution >= 4 is 11.8 Å². The number of epoxide rings is 1. The average molecular weight is 885 g/mol. The molecule has 0 aromatic carbocycles. The van der Waals surface area contributed by atoms with E-state index in [0.29, 0.717) is 31.1 Å². The molecular weight excluding hydrogens is 805 g/mol. The summed E-state index contributed by atoms with van der Waals surface area (Å²) in [7, 11) is 6.53. The third-order valence-electron chi connectivity index (χ3n) is 14.3. The highest BCUT2D eigenvalue weighted by atomic mass is 16.7. The monoisotopic (exact) mass is 885 g/mol. The lowest BCUT2D eigenvalue weighted by Gasteiger charge is -2.47. The molecule has 4 fully saturated rings. The van der Waals surface area contributed by atoms with Crippen molar-refractivity contribution < 1.29 is 67.9 Å². The number of methoxy groups -OCH3 is 2. The first-order chi connectivity index (χ1) is 29.2. The molecule has 5 rings (SSSR count). The maximum absolute atomic E-state index is 14.1. The Morgan fingerprint density at radius 1 is 0.855 bits per heavy atom. The van der Waals surface area contributed by atoms with E-state index in [-0.39, 0.29) is 24.7 Å². The minimum absolute atomic E-state index is 0.0178. The van der Waals surface area contributed by atoms with Crippen LogP contribution in [0.1, 0.15) is 87.5 Å². The summed E-state index contributed by atoms with van der Waals surface area (Å²) in [5.74, 6) is -1.58. The van der Waals surface area contributed by atoms with Crippen LogP contribution in [0.15, 0.2) is 12.2 Å². The molecule has 16 nitrogen and oxygen atoms in total. The number of fused-ring (bicyclic) bond motifs is 1. The largest absolute Gasteiger partial charge is 0.462 e. The lowest BCUT2D eigenvalue weighted by molar-refractivity contribution is -0.305. The first kappa shape index (κ1) is 51.3. The van der Waals surface area contributed by atoms with Gasteiger partial charge in [0.1, 0.15) is 36.1 Å². The number of aliphatic hydroxyl groups is 4. The van der Waals surface area contributed by atoms with Crippen LogP contribution in [0.4, 0.5) is 0 Å². The van der Waals surface area contributed by atoms with Crippen molar-refractivity contribution in [1.29, 1.82) is 0 Å². The second kappa shape index (κ2) is 22.2. The smallest absolute Gasteiger partial charge is 0.308 e. The van der Waals surface area contributed by atoms with Gasteiger partial charge in [-0.3, -0.25) is 9.59 Å². The van der Waals surface area contributed by atoms with E-state index in [0.717, 1.165) is 26.1 Å². The quantitative estimate of drug-likeness (QED) is 0.165. The molecule has 5 aliphatic rings. The topological polar surface area (TPSA) is 199 Å². The predicted molar refractivity (Wildman–Crippen MR) is 229 cm³/mol. The minimum Gasteiger partial charge on any atom is -0.462 e. The zero-order valence-corrected chi connectivity index (χ0v) is 39.3. The Balaban J connectivity index is 1.46. The summed E-state index contributed by atoms with van der Waals surface area (Å²) >= 11 is 0. The summed E-state index contributed by atoms with van der Waals surface area (Å²) in [5.41, 5.74) is -0.869. The SMILES string of the molecule is CC[C@H]1OC(=O)C[C@@H](O)[C@H](C)C(O[C@@H]2O[C@H](C)[C@@H](O)[C@H](N(C)C)[C@H]2O)[C@@H](CCN2C[C@@H](C)C[C@H](C)C2)C[C@@H](C)C(=O)/C=C/[C@]2(C)O[C@H]2C1COC1O[C@H](C)C(O)C(OC)C1OC. The van der Waals surface area contributed by atoms with Crippen LogP contribution in [0.25, 0.3) is 0 Å². The third-order valence-corrected chi connectivity index (χ3v) is 14.3. The molecule has 62 heavy (non-hydrogen) atoms. The number of esters is 1. The van der Waals surface area contributed by atoms with Crippen LogP contribution < -0.4 is 0 Å². The van der Waals surface area contributed by atoms with Crippen LogP contribution >= 0.6 is 0 Å². The molecule has 0 radical (unpaired) electrons. The molecule has 0 aliphatic carbocycles.